The summed E-state index contributed by atoms with van der Waals surface area (Å²) in [7, 11) is 0. The van der Waals surface area contributed by atoms with Crippen LogP contribution in [0.2, 0.25) is 0 Å². The van der Waals surface area contributed by atoms with E-state index in [-0.39, 0.29) is 12.3 Å². The Balaban J connectivity index is 3.98. The molecule has 0 heterocycles. The van der Waals surface area contributed by atoms with Gasteiger partial charge in [0.15, 0.2) is 6.10 Å². The number of hydrogen-bond acceptors (Lipinski definition) is 3. The number of nitrogens with one attached hydrogen (secondary N) is 1. The van der Waals surface area contributed by atoms with E-state index in [0.29, 0.717) is 18.9 Å². The zero-order valence-corrected chi connectivity index (χ0v) is 11.3. The van der Waals surface area contributed by atoms with Gasteiger partial charge in [0.1, 0.15) is 0 Å². The van der Waals surface area contributed by atoms with Crippen LogP contribution in [0.1, 0.15) is 33.1 Å². The van der Waals surface area contributed by atoms with Crippen molar-refractivity contribution in [3.05, 3.63) is 0 Å². The smallest absolute Gasteiger partial charge is 0.382 e. The first-order valence-corrected chi connectivity index (χ1v) is 6.40. The predicted molar refractivity (Wildman–Crippen MR) is 66.3 cm³/mol. The Kier molecular flexibility index (Phi) is 8.01. The van der Waals surface area contributed by atoms with Crippen LogP contribution in [-0.4, -0.2) is 36.4 Å². The molecule has 0 rings (SSSR count). The molecule has 0 aliphatic carbocycles. The fourth-order valence-corrected chi connectivity index (χ4v) is 1.76. The van der Waals surface area contributed by atoms with E-state index >= 15 is 0 Å². The van der Waals surface area contributed by atoms with Gasteiger partial charge >= 0.3 is 6.18 Å². The molecule has 0 saturated carbocycles. The molecule has 114 valence electrons. The molecule has 2 atom stereocenters. The average Bonchev–Trinajstić information content (AvgIpc) is 2.29. The van der Waals surface area contributed by atoms with Crippen molar-refractivity contribution in [3.8, 4) is 0 Å². The number of aliphatic hydroxyl groups excluding tert-OH is 1. The molecule has 7 heteroatoms. The largest absolute Gasteiger partial charge is 0.416 e. The Labute approximate surface area is 111 Å². The summed E-state index contributed by atoms with van der Waals surface area (Å²) in [4.78, 5) is 11.4. The Hall–Kier alpha value is -0.820. The standard InChI is InChI=1S/C12H23F3N2O2/c1-8(2)9(5-6-16)3-4-11(19)17-7-10(18)12(13,14)15/h8-10,18H,3-7,16H2,1-2H3,(H,17,19). The second-order valence-electron chi connectivity index (χ2n) is 4.98. The topological polar surface area (TPSA) is 75.4 Å². The molecule has 0 bridgehead atoms. The maximum absolute atomic E-state index is 12.0. The van der Waals surface area contributed by atoms with Crippen molar-refractivity contribution in [3.63, 3.8) is 0 Å². The molecule has 0 fully saturated rings. The number of hydrogen-bond donors (Lipinski definition) is 3. The lowest BCUT2D eigenvalue weighted by Crippen LogP contribution is -2.40. The van der Waals surface area contributed by atoms with E-state index in [0.717, 1.165) is 6.42 Å². The SMILES string of the molecule is CC(C)C(CCN)CCC(=O)NCC(O)C(F)(F)F. The molecule has 0 saturated heterocycles. The Morgan fingerprint density at radius 1 is 1.32 bits per heavy atom. The minimum atomic E-state index is -4.70. The minimum absolute atomic E-state index is 0.146. The minimum Gasteiger partial charge on any atom is -0.382 e. The number of amides is 1. The fraction of sp³-hybridized carbons (Fsp3) is 0.917. The molecule has 0 spiro atoms. The van der Waals surface area contributed by atoms with Crippen LogP contribution >= 0.6 is 0 Å². The molecule has 4 N–H and O–H groups in total. The van der Waals surface area contributed by atoms with E-state index < -0.39 is 24.7 Å². The van der Waals surface area contributed by atoms with Crippen molar-refractivity contribution in [2.75, 3.05) is 13.1 Å². The predicted octanol–water partition coefficient (Wildman–Crippen LogP) is 1.43. The first-order chi connectivity index (χ1) is 8.68. The van der Waals surface area contributed by atoms with Crippen LogP contribution in [-0.2, 0) is 4.79 Å². The van der Waals surface area contributed by atoms with Crippen molar-refractivity contribution < 1.29 is 23.1 Å². The summed E-state index contributed by atoms with van der Waals surface area (Å²) in [5, 5.41) is 10.8. The van der Waals surface area contributed by atoms with Gasteiger partial charge in [-0.15, -0.1) is 0 Å². The molecular formula is C12H23F3N2O2. The average molecular weight is 284 g/mol. The quantitative estimate of drug-likeness (QED) is 0.631. The zero-order chi connectivity index (χ0) is 15.1. The lowest BCUT2D eigenvalue weighted by atomic mass is 9.88. The van der Waals surface area contributed by atoms with E-state index in [1.54, 1.807) is 0 Å². The molecule has 4 nitrogen and oxygen atoms in total. The summed E-state index contributed by atoms with van der Waals surface area (Å²) < 4.78 is 36.0. The zero-order valence-electron chi connectivity index (χ0n) is 11.3. The summed E-state index contributed by atoms with van der Waals surface area (Å²) >= 11 is 0. The van der Waals surface area contributed by atoms with Gasteiger partial charge in [-0.05, 0) is 31.2 Å². The van der Waals surface area contributed by atoms with Crippen molar-refractivity contribution >= 4 is 5.91 Å². The van der Waals surface area contributed by atoms with Crippen LogP contribution in [0.5, 0.6) is 0 Å². The van der Waals surface area contributed by atoms with Gasteiger partial charge in [0.2, 0.25) is 5.91 Å². The highest BCUT2D eigenvalue weighted by Crippen LogP contribution is 2.21. The van der Waals surface area contributed by atoms with Gasteiger partial charge in [-0.2, -0.15) is 13.2 Å². The summed E-state index contributed by atoms with van der Waals surface area (Å²) in [6.07, 6.45) is -5.69. The number of halogens is 3. The highest BCUT2D eigenvalue weighted by molar-refractivity contribution is 5.75. The third-order valence-electron chi connectivity index (χ3n) is 3.09. The van der Waals surface area contributed by atoms with Crippen LogP contribution in [0.4, 0.5) is 13.2 Å². The Morgan fingerprint density at radius 3 is 2.32 bits per heavy atom. The Bertz CT molecular complexity index is 270. The third-order valence-corrected chi connectivity index (χ3v) is 3.09. The Morgan fingerprint density at radius 2 is 1.89 bits per heavy atom. The van der Waals surface area contributed by atoms with E-state index in [1.807, 2.05) is 13.8 Å². The van der Waals surface area contributed by atoms with Gasteiger partial charge in [-0.25, -0.2) is 0 Å². The van der Waals surface area contributed by atoms with Gasteiger partial charge in [0.05, 0.1) is 6.54 Å². The second kappa shape index (κ2) is 8.37. The number of carbonyl (C=O) groups is 1. The molecule has 1 amide bonds. The lowest BCUT2D eigenvalue weighted by Gasteiger charge is -2.20. The molecular weight excluding hydrogens is 261 g/mol. The monoisotopic (exact) mass is 284 g/mol. The van der Waals surface area contributed by atoms with Crippen molar-refractivity contribution in [2.24, 2.45) is 17.6 Å². The lowest BCUT2D eigenvalue weighted by molar-refractivity contribution is -0.201. The molecule has 2 unspecified atom stereocenters. The van der Waals surface area contributed by atoms with Crippen LogP contribution in [0.15, 0.2) is 0 Å². The molecule has 0 radical (unpaired) electrons. The van der Waals surface area contributed by atoms with Gasteiger partial charge in [0, 0.05) is 6.42 Å². The summed E-state index contributed by atoms with van der Waals surface area (Å²) in [5.41, 5.74) is 5.46. The molecule has 0 aliphatic rings. The highest BCUT2D eigenvalue weighted by atomic mass is 19.4. The van der Waals surface area contributed by atoms with Crippen molar-refractivity contribution in [2.45, 2.75) is 45.4 Å². The molecule has 0 aromatic carbocycles. The number of aliphatic hydroxyl groups is 1. The van der Waals surface area contributed by atoms with Crippen LogP contribution in [0, 0.1) is 11.8 Å². The van der Waals surface area contributed by atoms with Crippen LogP contribution < -0.4 is 11.1 Å². The van der Waals surface area contributed by atoms with Gasteiger partial charge in [0.25, 0.3) is 0 Å². The van der Waals surface area contributed by atoms with E-state index in [9.17, 15) is 18.0 Å². The molecule has 19 heavy (non-hydrogen) atoms. The van der Waals surface area contributed by atoms with Crippen molar-refractivity contribution in [1.82, 2.24) is 5.32 Å². The normalized spacial score (nSPS) is 15.4. The van der Waals surface area contributed by atoms with Crippen molar-refractivity contribution in [1.29, 1.82) is 0 Å². The van der Waals surface area contributed by atoms with Gasteiger partial charge in [-0.1, -0.05) is 13.8 Å². The van der Waals surface area contributed by atoms with Crippen LogP contribution in [0.3, 0.4) is 0 Å². The second-order valence-corrected chi connectivity index (χ2v) is 4.98. The van der Waals surface area contributed by atoms with E-state index in [4.69, 9.17) is 10.8 Å². The third kappa shape index (κ3) is 8.05. The number of nitrogens with two attached hydrogens (primary N) is 1. The summed E-state index contributed by atoms with van der Waals surface area (Å²) in [6, 6.07) is 0. The molecule has 0 aromatic rings. The first-order valence-electron chi connectivity index (χ1n) is 6.40. The number of rotatable bonds is 8. The maximum Gasteiger partial charge on any atom is 0.416 e. The molecule has 0 aromatic heterocycles. The maximum atomic E-state index is 12.0. The first kappa shape index (κ1) is 18.2. The fourth-order valence-electron chi connectivity index (χ4n) is 1.76. The number of carbonyl (C=O) groups excluding carboxylic acids is 1. The van der Waals surface area contributed by atoms with Gasteiger partial charge < -0.3 is 16.2 Å². The van der Waals surface area contributed by atoms with E-state index in [1.165, 1.54) is 0 Å². The van der Waals surface area contributed by atoms with Crippen LogP contribution in [0.25, 0.3) is 0 Å². The van der Waals surface area contributed by atoms with E-state index in [2.05, 4.69) is 5.32 Å². The van der Waals surface area contributed by atoms with Gasteiger partial charge in [-0.3, -0.25) is 4.79 Å². The highest BCUT2D eigenvalue weighted by Gasteiger charge is 2.38. The molecule has 0 aliphatic heterocycles. The number of alkyl halides is 3. The summed E-state index contributed by atoms with van der Waals surface area (Å²) in [5.74, 6) is 0.173. The summed E-state index contributed by atoms with van der Waals surface area (Å²) in [6.45, 7) is 3.76.